The molecule has 0 bridgehead atoms. The van der Waals surface area contributed by atoms with Gasteiger partial charge in [0.1, 0.15) is 5.75 Å². The molecule has 2 aromatic carbocycles. The van der Waals surface area contributed by atoms with Gasteiger partial charge in [-0.15, -0.1) is 0 Å². The Labute approximate surface area is 131 Å². The minimum Gasteiger partial charge on any atom is -0.497 e. The first kappa shape index (κ1) is 14.4. The SMILES string of the molecule is COc1ccc(/C=C(\C#N)c2ccc3c(c2)CCCC3)cc1. The van der Waals surface area contributed by atoms with Crippen LogP contribution in [0, 0.1) is 11.3 Å². The Hall–Kier alpha value is -2.53. The number of aryl methyl sites for hydroxylation is 2. The van der Waals surface area contributed by atoms with Gasteiger partial charge in [0.2, 0.25) is 0 Å². The number of nitrogens with zero attached hydrogens (tertiary/aromatic N) is 1. The summed E-state index contributed by atoms with van der Waals surface area (Å²) < 4.78 is 5.16. The van der Waals surface area contributed by atoms with Gasteiger partial charge in [-0.1, -0.05) is 30.3 Å². The van der Waals surface area contributed by atoms with Crippen LogP contribution in [0.1, 0.15) is 35.1 Å². The molecule has 0 spiro atoms. The van der Waals surface area contributed by atoms with Crippen molar-refractivity contribution in [2.75, 3.05) is 7.11 Å². The molecule has 22 heavy (non-hydrogen) atoms. The molecule has 1 aliphatic carbocycles. The third kappa shape index (κ3) is 3.04. The summed E-state index contributed by atoms with van der Waals surface area (Å²) in [6.45, 7) is 0. The Kier molecular flexibility index (Phi) is 4.25. The van der Waals surface area contributed by atoms with E-state index in [0.717, 1.165) is 23.3 Å². The van der Waals surface area contributed by atoms with E-state index in [1.807, 2.05) is 30.3 Å². The average molecular weight is 289 g/mol. The zero-order valence-electron chi connectivity index (χ0n) is 12.8. The van der Waals surface area contributed by atoms with E-state index in [1.54, 1.807) is 7.11 Å². The summed E-state index contributed by atoms with van der Waals surface area (Å²) in [5.41, 5.74) is 5.57. The van der Waals surface area contributed by atoms with E-state index in [4.69, 9.17) is 4.74 Å². The number of ether oxygens (including phenoxy) is 1. The van der Waals surface area contributed by atoms with Crippen molar-refractivity contribution in [3.05, 3.63) is 64.7 Å². The van der Waals surface area contributed by atoms with Gasteiger partial charge in [0.15, 0.2) is 0 Å². The fraction of sp³-hybridized carbons (Fsp3) is 0.250. The number of methoxy groups -OCH3 is 1. The highest BCUT2D eigenvalue weighted by atomic mass is 16.5. The molecule has 0 aromatic heterocycles. The van der Waals surface area contributed by atoms with Crippen LogP contribution >= 0.6 is 0 Å². The van der Waals surface area contributed by atoms with Crippen molar-refractivity contribution >= 4 is 11.6 Å². The first-order valence-electron chi connectivity index (χ1n) is 7.68. The summed E-state index contributed by atoms with van der Waals surface area (Å²) in [6.07, 6.45) is 6.76. The topological polar surface area (TPSA) is 33.0 Å². The van der Waals surface area contributed by atoms with Crippen molar-refractivity contribution in [3.63, 3.8) is 0 Å². The fourth-order valence-electron chi connectivity index (χ4n) is 2.95. The molecule has 0 radical (unpaired) electrons. The average Bonchev–Trinajstić information content (AvgIpc) is 2.59. The number of hydrogen-bond donors (Lipinski definition) is 0. The van der Waals surface area contributed by atoms with E-state index >= 15 is 0 Å². The maximum Gasteiger partial charge on any atom is 0.118 e. The van der Waals surface area contributed by atoms with Crippen LogP contribution in [0.5, 0.6) is 5.75 Å². The number of rotatable bonds is 3. The molecule has 0 N–H and O–H groups in total. The van der Waals surface area contributed by atoms with Crippen molar-refractivity contribution in [1.29, 1.82) is 5.26 Å². The van der Waals surface area contributed by atoms with Crippen LogP contribution in [0.15, 0.2) is 42.5 Å². The van der Waals surface area contributed by atoms with Crippen LogP contribution in [0.25, 0.3) is 11.6 Å². The Morgan fingerprint density at radius 3 is 2.45 bits per heavy atom. The van der Waals surface area contributed by atoms with Gasteiger partial charge >= 0.3 is 0 Å². The molecule has 0 amide bonds. The van der Waals surface area contributed by atoms with Gasteiger partial charge in [-0.2, -0.15) is 5.26 Å². The number of nitriles is 1. The highest BCUT2D eigenvalue weighted by molar-refractivity contribution is 5.89. The van der Waals surface area contributed by atoms with Gasteiger partial charge in [0.05, 0.1) is 18.8 Å². The van der Waals surface area contributed by atoms with Crippen molar-refractivity contribution in [1.82, 2.24) is 0 Å². The minimum absolute atomic E-state index is 0.707. The fourth-order valence-corrected chi connectivity index (χ4v) is 2.95. The van der Waals surface area contributed by atoms with E-state index in [-0.39, 0.29) is 0 Å². The lowest BCUT2D eigenvalue weighted by Gasteiger charge is -2.16. The number of fused-ring (bicyclic) bond motifs is 1. The largest absolute Gasteiger partial charge is 0.497 e. The molecule has 0 saturated heterocycles. The summed E-state index contributed by atoms with van der Waals surface area (Å²) in [4.78, 5) is 0. The van der Waals surface area contributed by atoms with Gasteiger partial charge < -0.3 is 4.74 Å². The molecule has 3 rings (SSSR count). The number of hydrogen-bond acceptors (Lipinski definition) is 2. The van der Waals surface area contributed by atoms with Crippen LogP contribution in [-0.4, -0.2) is 7.11 Å². The standard InChI is InChI=1S/C20H19NO/c1-22-20-10-6-15(7-11-20)12-19(14-21)18-9-8-16-4-2-3-5-17(16)13-18/h6-13H,2-5H2,1H3/b19-12+. The second kappa shape index (κ2) is 6.49. The molecule has 0 atom stereocenters. The molecule has 0 heterocycles. The Morgan fingerprint density at radius 2 is 1.77 bits per heavy atom. The van der Waals surface area contributed by atoms with Crippen molar-refractivity contribution in [2.24, 2.45) is 0 Å². The van der Waals surface area contributed by atoms with Crippen LogP contribution in [-0.2, 0) is 12.8 Å². The highest BCUT2D eigenvalue weighted by Gasteiger charge is 2.11. The van der Waals surface area contributed by atoms with E-state index in [1.165, 1.54) is 30.4 Å². The predicted molar refractivity (Wildman–Crippen MR) is 89.6 cm³/mol. The molecule has 110 valence electrons. The third-order valence-electron chi connectivity index (χ3n) is 4.21. The molecule has 0 saturated carbocycles. The van der Waals surface area contributed by atoms with Crippen molar-refractivity contribution in [2.45, 2.75) is 25.7 Å². The van der Waals surface area contributed by atoms with Gasteiger partial charge in [-0.3, -0.25) is 0 Å². The zero-order valence-corrected chi connectivity index (χ0v) is 12.8. The van der Waals surface area contributed by atoms with E-state index in [0.29, 0.717) is 5.57 Å². The summed E-state index contributed by atoms with van der Waals surface area (Å²) in [6, 6.07) is 16.5. The highest BCUT2D eigenvalue weighted by Crippen LogP contribution is 2.26. The normalized spacial score (nSPS) is 14.1. The van der Waals surface area contributed by atoms with E-state index in [9.17, 15) is 5.26 Å². The van der Waals surface area contributed by atoms with Gasteiger partial charge in [0.25, 0.3) is 0 Å². The third-order valence-corrected chi connectivity index (χ3v) is 4.21. The monoisotopic (exact) mass is 289 g/mol. The van der Waals surface area contributed by atoms with Crippen LogP contribution in [0.4, 0.5) is 0 Å². The summed E-state index contributed by atoms with van der Waals surface area (Å²) >= 11 is 0. The second-order valence-corrected chi connectivity index (χ2v) is 5.63. The molecule has 1 aliphatic rings. The first-order valence-corrected chi connectivity index (χ1v) is 7.68. The van der Waals surface area contributed by atoms with Gasteiger partial charge in [0, 0.05) is 0 Å². The predicted octanol–water partition coefficient (Wildman–Crippen LogP) is 4.64. The number of benzene rings is 2. The first-order chi connectivity index (χ1) is 10.8. The zero-order chi connectivity index (χ0) is 15.4. The quantitative estimate of drug-likeness (QED) is 0.609. The maximum absolute atomic E-state index is 9.50. The van der Waals surface area contributed by atoms with Crippen molar-refractivity contribution < 1.29 is 4.74 Å². The Balaban J connectivity index is 1.93. The maximum atomic E-state index is 9.50. The Morgan fingerprint density at radius 1 is 1.05 bits per heavy atom. The Bertz CT molecular complexity index is 735. The molecule has 0 fully saturated rings. The van der Waals surface area contributed by atoms with E-state index in [2.05, 4.69) is 24.3 Å². The summed E-state index contributed by atoms with van der Waals surface area (Å²) in [5.74, 6) is 0.824. The summed E-state index contributed by atoms with van der Waals surface area (Å²) in [5, 5.41) is 9.50. The lowest BCUT2D eigenvalue weighted by Crippen LogP contribution is -2.02. The minimum atomic E-state index is 0.707. The lowest BCUT2D eigenvalue weighted by atomic mass is 9.89. The molecular formula is C20H19NO. The van der Waals surface area contributed by atoms with Crippen LogP contribution in [0.2, 0.25) is 0 Å². The van der Waals surface area contributed by atoms with Gasteiger partial charge in [-0.05, 0) is 66.1 Å². The van der Waals surface area contributed by atoms with Gasteiger partial charge in [-0.25, -0.2) is 0 Å². The van der Waals surface area contributed by atoms with Crippen LogP contribution in [0.3, 0.4) is 0 Å². The molecule has 2 aromatic rings. The smallest absolute Gasteiger partial charge is 0.118 e. The molecular weight excluding hydrogens is 270 g/mol. The summed E-state index contributed by atoms with van der Waals surface area (Å²) in [7, 11) is 1.65. The second-order valence-electron chi connectivity index (χ2n) is 5.63. The van der Waals surface area contributed by atoms with E-state index < -0.39 is 0 Å². The lowest BCUT2D eigenvalue weighted by molar-refractivity contribution is 0.415. The molecule has 0 aliphatic heterocycles. The molecule has 0 unspecified atom stereocenters. The molecule has 2 heteroatoms. The number of allylic oxidation sites excluding steroid dienone is 1. The van der Waals surface area contributed by atoms with Crippen molar-refractivity contribution in [3.8, 4) is 11.8 Å². The molecule has 2 nitrogen and oxygen atoms in total. The van der Waals surface area contributed by atoms with Crippen LogP contribution < -0.4 is 4.74 Å².